The van der Waals surface area contributed by atoms with Crippen LogP contribution < -0.4 is 16.2 Å². The Balaban J connectivity index is 0.00000127. The van der Waals surface area contributed by atoms with Crippen LogP contribution in [0.15, 0.2) is 47.6 Å². The average molecular weight is 314 g/mol. The van der Waals surface area contributed by atoms with Crippen molar-refractivity contribution in [2.24, 2.45) is 10.7 Å². The van der Waals surface area contributed by atoms with Crippen molar-refractivity contribution in [3.63, 3.8) is 0 Å². The summed E-state index contributed by atoms with van der Waals surface area (Å²) in [5.41, 5.74) is 12.9. The van der Waals surface area contributed by atoms with E-state index in [-0.39, 0.29) is 5.71 Å². The van der Waals surface area contributed by atoms with Crippen molar-refractivity contribution in [2.75, 3.05) is 12.8 Å². The lowest BCUT2D eigenvalue weighted by Gasteiger charge is -2.10. The lowest BCUT2D eigenvalue weighted by molar-refractivity contribution is -0.111. The molecule has 23 heavy (non-hydrogen) atoms. The van der Waals surface area contributed by atoms with Crippen LogP contribution in [0.3, 0.4) is 0 Å². The highest BCUT2D eigenvalue weighted by molar-refractivity contribution is 6.45. The SMILES string of the molecule is CC.CN=C(C(N)=O)c1cc(OCc2ccccn2)ccc1N. The Kier molecular flexibility index (Phi) is 7.26. The van der Waals surface area contributed by atoms with Gasteiger partial charge in [-0.3, -0.25) is 14.8 Å². The van der Waals surface area contributed by atoms with E-state index in [1.54, 1.807) is 24.4 Å². The summed E-state index contributed by atoms with van der Waals surface area (Å²) in [4.78, 5) is 19.4. The van der Waals surface area contributed by atoms with Gasteiger partial charge in [0.2, 0.25) is 0 Å². The predicted octanol–water partition coefficient (Wildman–Crippen LogP) is 2.17. The Morgan fingerprint density at radius 1 is 1.26 bits per heavy atom. The molecule has 0 aliphatic carbocycles. The summed E-state index contributed by atoms with van der Waals surface area (Å²) < 4.78 is 5.64. The number of nitrogens with two attached hydrogens (primary N) is 2. The van der Waals surface area contributed by atoms with Crippen molar-refractivity contribution in [1.82, 2.24) is 4.98 Å². The molecule has 4 N–H and O–H groups in total. The summed E-state index contributed by atoms with van der Waals surface area (Å²) in [6, 6.07) is 10.6. The minimum Gasteiger partial charge on any atom is -0.487 e. The molecule has 1 aromatic carbocycles. The van der Waals surface area contributed by atoms with E-state index in [4.69, 9.17) is 16.2 Å². The lowest BCUT2D eigenvalue weighted by atomic mass is 10.1. The number of hydrogen-bond donors (Lipinski definition) is 2. The van der Waals surface area contributed by atoms with Crippen molar-refractivity contribution < 1.29 is 9.53 Å². The first kappa shape index (κ1) is 18.2. The minimum absolute atomic E-state index is 0.121. The molecule has 1 amide bonds. The van der Waals surface area contributed by atoms with E-state index in [0.29, 0.717) is 23.6 Å². The van der Waals surface area contributed by atoms with E-state index in [1.807, 2.05) is 32.0 Å². The van der Waals surface area contributed by atoms with Gasteiger partial charge in [-0.1, -0.05) is 19.9 Å². The molecular weight excluding hydrogens is 292 g/mol. The smallest absolute Gasteiger partial charge is 0.267 e. The van der Waals surface area contributed by atoms with Gasteiger partial charge in [0, 0.05) is 24.5 Å². The van der Waals surface area contributed by atoms with Crippen LogP contribution in [0.5, 0.6) is 5.75 Å². The Bertz CT molecular complexity index is 670. The van der Waals surface area contributed by atoms with Crippen LogP contribution in [0.4, 0.5) is 5.69 Å². The van der Waals surface area contributed by atoms with Crippen LogP contribution in [-0.4, -0.2) is 23.7 Å². The average Bonchev–Trinajstić information content (AvgIpc) is 2.58. The number of aromatic nitrogens is 1. The van der Waals surface area contributed by atoms with Crippen LogP contribution in [0.2, 0.25) is 0 Å². The molecule has 0 fully saturated rings. The van der Waals surface area contributed by atoms with Gasteiger partial charge in [0.25, 0.3) is 5.91 Å². The third kappa shape index (κ3) is 5.10. The molecule has 1 heterocycles. The zero-order valence-electron chi connectivity index (χ0n) is 13.6. The highest BCUT2D eigenvalue weighted by atomic mass is 16.5. The van der Waals surface area contributed by atoms with Gasteiger partial charge >= 0.3 is 0 Å². The predicted molar refractivity (Wildman–Crippen MR) is 92.4 cm³/mol. The van der Waals surface area contributed by atoms with Gasteiger partial charge in [-0.05, 0) is 30.3 Å². The van der Waals surface area contributed by atoms with Gasteiger partial charge in [-0.25, -0.2) is 0 Å². The van der Waals surface area contributed by atoms with E-state index in [9.17, 15) is 4.79 Å². The summed E-state index contributed by atoms with van der Waals surface area (Å²) in [5.74, 6) is -0.0710. The summed E-state index contributed by atoms with van der Waals surface area (Å²) in [6.07, 6.45) is 1.70. The Morgan fingerprint density at radius 3 is 2.57 bits per heavy atom. The van der Waals surface area contributed by atoms with E-state index < -0.39 is 5.91 Å². The third-order valence-electron chi connectivity index (χ3n) is 2.85. The van der Waals surface area contributed by atoms with Crippen molar-refractivity contribution in [1.29, 1.82) is 0 Å². The summed E-state index contributed by atoms with van der Waals surface area (Å²) in [5, 5.41) is 0. The van der Waals surface area contributed by atoms with Gasteiger partial charge in [0.15, 0.2) is 0 Å². The number of nitrogen functional groups attached to an aromatic ring is 1. The number of nitrogens with zero attached hydrogens (tertiary/aromatic N) is 2. The molecule has 0 atom stereocenters. The van der Waals surface area contributed by atoms with E-state index in [0.717, 1.165) is 5.69 Å². The number of amides is 1. The maximum Gasteiger partial charge on any atom is 0.267 e. The molecule has 0 saturated heterocycles. The second-order valence-corrected chi connectivity index (χ2v) is 4.30. The number of anilines is 1. The largest absolute Gasteiger partial charge is 0.487 e. The molecule has 0 spiro atoms. The molecule has 0 saturated carbocycles. The molecule has 1 aromatic heterocycles. The molecule has 0 aliphatic rings. The Morgan fingerprint density at radius 2 is 2.00 bits per heavy atom. The molecule has 0 aliphatic heterocycles. The molecule has 2 rings (SSSR count). The fourth-order valence-corrected chi connectivity index (χ4v) is 1.83. The molecule has 0 radical (unpaired) electrons. The van der Waals surface area contributed by atoms with E-state index in [1.165, 1.54) is 7.05 Å². The zero-order valence-corrected chi connectivity index (χ0v) is 13.6. The molecule has 6 nitrogen and oxygen atoms in total. The highest BCUT2D eigenvalue weighted by Gasteiger charge is 2.13. The molecule has 0 bridgehead atoms. The Hall–Kier alpha value is -2.89. The minimum atomic E-state index is -0.633. The number of aliphatic imine (C=N–C) groups is 1. The van der Waals surface area contributed by atoms with Gasteiger partial charge < -0.3 is 16.2 Å². The number of ether oxygens (including phenoxy) is 1. The molecule has 6 heteroatoms. The van der Waals surface area contributed by atoms with Crippen molar-refractivity contribution in [3.8, 4) is 5.75 Å². The van der Waals surface area contributed by atoms with Crippen molar-refractivity contribution >= 4 is 17.3 Å². The Labute approximate surface area is 136 Å². The number of carbonyl (C=O) groups is 1. The van der Waals surface area contributed by atoms with Gasteiger partial charge in [0.1, 0.15) is 18.1 Å². The quantitative estimate of drug-likeness (QED) is 0.652. The molecular formula is C17H22N4O2. The number of carbonyl (C=O) groups excluding carboxylic acids is 1. The summed E-state index contributed by atoms with van der Waals surface area (Å²) >= 11 is 0. The first-order valence-electron chi connectivity index (χ1n) is 7.31. The number of hydrogen-bond acceptors (Lipinski definition) is 5. The second-order valence-electron chi connectivity index (χ2n) is 4.30. The maximum absolute atomic E-state index is 11.4. The second kappa shape index (κ2) is 9.19. The first-order valence-corrected chi connectivity index (χ1v) is 7.31. The molecule has 0 unspecified atom stereocenters. The van der Waals surface area contributed by atoms with Crippen molar-refractivity contribution in [2.45, 2.75) is 20.5 Å². The standard InChI is InChI=1S/C15H16N4O2.C2H6/c1-18-14(15(17)20)12-8-11(5-6-13(12)16)21-9-10-4-2-3-7-19-10;1-2/h2-8H,9,16H2,1H3,(H2,17,20);1-2H3. The van der Waals surface area contributed by atoms with Gasteiger partial charge in [0.05, 0.1) is 5.69 Å². The number of benzene rings is 1. The highest BCUT2D eigenvalue weighted by Crippen LogP contribution is 2.21. The third-order valence-corrected chi connectivity index (χ3v) is 2.85. The maximum atomic E-state index is 11.4. The van der Waals surface area contributed by atoms with Gasteiger partial charge in [-0.15, -0.1) is 0 Å². The summed E-state index contributed by atoms with van der Waals surface area (Å²) in [6.45, 7) is 4.32. The zero-order chi connectivity index (χ0) is 17.2. The van der Waals surface area contributed by atoms with Gasteiger partial charge in [-0.2, -0.15) is 0 Å². The number of rotatable bonds is 5. The van der Waals surface area contributed by atoms with Crippen molar-refractivity contribution in [3.05, 3.63) is 53.9 Å². The van der Waals surface area contributed by atoms with Crippen LogP contribution >= 0.6 is 0 Å². The van der Waals surface area contributed by atoms with Crippen LogP contribution in [0.1, 0.15) is 25.1 Å². The monoisotopic (exact) mass is 314 g/mol. The van der Waals surface area contributed by atoms with Crippen LogP contribution in [0, 0.1) is 0 Å². The normalized spacial score (nSPS) is 10.5. The van der Waals surface area contributed by atoms with E-state index >= 15 is 0 Å². The molecule has 122 valence electrons. The van der Waals surface area contributed by atoms with E-state index in [2.05, 4.69) is 9.98 Å². The topological polar surface area (TPSA) is 104 Å². The first-order chi connectivity index (χ1) is 11.1. The lowest BCUT2D eigenvalue weighted by Crippen LogP contribution is -2.25. The fraction of sp³-hybridized carbons (Fsp3) is 0.235. The number of primary amides is 1. The molecule has 2 aromatic rings. The van der Waals surface area contributed by atoms with Crippen LogP contribution in [0.25, 0.3) is 0 Å². The number of pyridine rings is 1. The van der Waals surface area contributed by atoms with Crippen LogP contribution in [-0.2, 0) is 11.4 Å². The summed E-state index contributed by atoms with van der Waals surface area (Å²) in [7, 11) is 1.49. The fourth-order valence-electron chi connectivity index (χ4n) is 1.83.